The average Bonchev–Trinajstić information content (AvgIpc) is 3.27. The van der Waals surface area contributed by atoms with E-state index >= 15 is 0 Å². The lowest BCUT2D eigenvalue weighted by atomic mass is 9.90. The molecule has 5 unspecified atom stereocenters. The summed E-state index contributed by atoms with van der Waals surface area (Å²) < 4.78 is 6.26. The van der Waals surface area contributed by atoms with E-state index in [0.717, 1.165) is 18.6 Å². The fourth-order valence-corrected chi connectivity index (χ4v) is 5.54. The number of hydrogen-bond acceptors (Lipinski definition) is 4. The van der Waals surface area contributed by atoms with Crippen LogP contribution in [0.4, 0.5) is 5.69 Å². The Labute approximate surface area is 168 Å². The van der Waals surface area contributed by atoms with Crippen molar-refractivity contribution in [1.29, 1.82) is 0 Å². The summed E-state index contributed by atoms with van der Waals surface area (Å²) >= 11 is 0. The Bertz CT molecular complexity index is 824. The Kier molecular flexibility index (Phi) is 4.77. The van der Waals surface area contributed by atoms with Crippen LogP contribution in [0.3, 0.4) is 0 Å². The molecular weight excluding hydrogens is 346 g/mol. The van der Waals surface area contributed by atoms with E-state index in [1.807, 2.05) is 0 Å². The Morgan fingerprint density at radius 2 is 1.82 bits per heavy atom. The number of benzene rings is 2. The van der Waals surface area contributed by atoms with Gasteiger partial charge in [-0.15, -0.1) is 0 Å². The lowest BCUT2D eigenvalue weighted by molar-refractivity contribution is 0.205. The molecule has 3 aliphatic rings. The summed E-state index contributed by atoms with van der Waals surface area (Å²) in [6, 6.07) is 18.6. The molecule has 5 rings (SSSR count). The van der Waals surface area contributed by atoms with Crippen LogP contribution in [0.2, 0.25) is 0 Å². The number of para-hydroxylation sites is 2. The molecule has 148 valence electrons. The van der Waals surface area contributed by atoms with Crippen molar-refractivity contribution in [2.24, 2.45) is 5.73 Å². The number of nitrogens with zero attached hydrogens (tertiary/aromatic N) is 1. The van der Waals surface area contributed by atoms with Gasteiger partial charge in [0.05, 0.1) is 0 Å². The van der Waals surface area contributed by atoms with Crippen molar-refractivity contribution in [2.45, 2.75) is 75.8 Å². The zero-order valence-electron chi connectivity index (χ0n) is 16.7. The van der Waals surface area contributed by atoms with E-state index in [0.29, 0.717) is 18.0 Å². The number of nitrogens with two attached hydrogens (primary N) is 1. The van der Waals surface area contributed by atoms with Crippen LogP contribution in [0, 0.1) is 0 Å². The third-order valence-electron chi connectivity index (χ3n) is 6.81. The Balaban J connectivity index is 1.57. The SMILES string of the molecule is CCCC1c2cccc(C3NC4CCCCC4N3c3ccccc3)c2OC1N. The lowest BCUT2D eigenvalue weighted by Gasteiger charge is -2.34. The highest BCUT2D eigenvalue weighted by Gasteiger charge is 2.44. The largest absolute Gasteiger partial charge is 0.474 e. The van der Waals surface area contributed by atoms with Gasteiger partial charge >= 0.3 is 0 Å². The Morgan fingerprint density at radius 3 is 2.64 bits per heavy atom. The minimum absolute atomic E-state index is 0.137. The maximum absolute atomic E-state index is 6.39. The first-order valence-electron chi connectivity index (χ1n) is 10.9. The summed E-state index contributed by atoms with van der Waals surface area (Å²) in [6.45, 7) is 2.22. The predicted octanol–water partition coefficient (Wildman–Crippen LogP) is 4.67. The summed E-state index contributed by atoms with van der Waals surface area (Å²) in [5.41, 5.74) is 10.2. The fraction of sp³-hybridized carbons (Fsp3) is 0.500. The highest BCUT2D eigenvalue weighted by molar-refractivity contribution is 5.56. The number of nitrogens with one attached hydrogen (secondary N) is 1. The fourth-order valence-electron chi connectivity index (χ4n) is 5.54. The van der Waals surface area contributed by atoms with Gasteiger partial charge in [0.2, 0.25) is 0 Å². The predicted molar refractivity (Wildman–Crippen MR) is 114 cm³/mol. The second kappa shape index (κ2) is 7.41. The molecule has 4 nitrogen and oxygen atoms in total. The van der Waals surface area contributed by atoms with Gasteiger partial charge in [0.1, 0.15) is 11.9 Å². The summed E-state index contributed by atoms with van der Waals surface area (Å²) in [5.74, 6) is 1.32. The highest BCUT2D eigenvalue weighted by atomic mass is 16.5. The summed E-state index contributed by atoms with van der Waals surface area (Å²) in [5, 5.41) is 3.95. The third-order valence-corrected chi connectivity index (χ3v) is 6.81. The van der Waals surface area contributed by atoms with Gasteiger partial charge in [-0.2, -0.15) is 0 Å². The number of ether oxygens (including phenoxy) is 1. The zero-order chi connectivity index (χ0) is 19.1. The van der Waals surface area contributed by atoms with Gasteiger partial charge in [-0.25, -0.2) is 0 Å². The van der Waals surface area contributed by atoms with Crippen LogP contribution in [0.1, 0.15) is 68.7 Å². The zero-order valence-corrected chi connectivity index (χ0v) is 16.7. The molecular formula is C24H31N3O. The van der Waals surface area contributed by atoms with Gasteiger partial charge in [-0.3, -0.25) is 11.1 Å². The Morgan fingerprint density at radius 1 is 1.04 bits per heavy atom. The first-order chi connectivity index (χ1) is 13.8. The number of fused-ring (bicyclic) bond motifs is 2. The van der Waals surface area contributed by atoms with Gasteiger partial charge in [-0.1, -0.05) is 62.6 Å². The summed E-state index contributed by atoms with van der Waals surface area (Å²) in [4.78, 5) is 2.60. The molecule has 2 aromatic rings. The second-order valence-electron chi connectivity index (χ2n) is 8.51. The molecule has 1 aliphatic carbocycles. The van der Waals surface area contributed by atoms with Crippen LogP contribution < -0.4 is 20.7 Å². The standard InChI is InChI=1S/C24H31N3O/c1-2-9-18-17-12-8-13-19(22(17)28-23(18)25)24-26-20-14-6-7-15-21(20)27(24)16-10-4-3-5-11-16/h3-5,8,10-13,18,20-21,23-24,26H,2,6-7,9,14-15,25H2,1H3. The van der Waals surface area contributed by atoms with Crippen molar-refractivity contribution >= 4 is 5.69 Å². The molecule has 1 saturated carbocycles. The molecule has 0 radical (unpaired) electrons. The van der Waals surface area contributed by atoms with Crippen molar-refractivity contribution in [3.8, 4) is 5.75 Å². The smallest absolute Gasteiger partial charge is 0.154 e. The molecule has 1 saturated heterocycles. The van der Waals surface area contributed by atoms with Crippen molar-refractivity contribution in [1.82, 2.24) is 5.32 Å². The molecule has 0 spiro atoms. The molecule has 2 aliphatic heterocycles. The van der Waals surface area contributed by atoms with Gasteiger partial charge in [-0.05, 0) is 31.4 Å². The van der Waals surface area contributed by atoms with Gasteiger partial charge in [0, 0.05) is 34.8 Å². The number of anilines is 1. The highest BCUT2D eigenvalue weighted by Crippen LogP contribution is 2.47. The monoisotopic (exact) mass is 377 g/mol. The van der Waals surface area contributed by atoms with Crippen molar-refractivity contribution in [3.05, 3.63) is 59.7 Å². The van der Waals surface area contributed by atoms with Crippen LogP contribution in [-0.2, 0) is 0 Å². The van der Waals surface area contributed by atoms with Crippen molar-refractivity contribution in [2.75, 3.05) is 4.90 Å². The molecule has 28 heavy (non-hydrogen) atoms. The van der Waals surface area contributed by atoms with E-state index in [-0.39, 0.29) is 12.4 Å². The maximum atomic E-state index is 6.39. The van der Waals surface area contributed by atoms with Crippen LogP contribution in [0.25, 0.3) is 0 Å². The van der Waals surface area contributed by atoms with Crippen molar-refractivity contribution < 1.29 is 4.74 Å². The molecule has 5 atom stereocenters. The summed E-state index contributed by atoms with van der Waals surface area (Å²) in [6.07, 6.45) is 7.22. The molecule has 2 fully saturated rings. The van der Waals surface area contributed by atoms with Crippen molar-refractivity contribution in [3.63, 3.8) is 0 Å². The summed E-state index contributed by atoms with van der Waals surface area (Å²) in [7, 11) is 0. The minimum atomic E-state index is -0.232. The molecule has 4 heteroatoms. The quantitative estimate of drug-likeness (QED) is 0.813. The van der Waals surface area contributed by atoms with Crippen LogP contribution in [0.5, 0.6) is 5.75 Å². The molecule has 0 aromatic heterocycles. The minimum Gasteiger partial charge on any atom is -0.474 e. The van der Waals surface area contributed by atoms with Crippen LogP contribution >= 0.6 is 0 Å². The van der Waals surface area contributed by atoms with E-state index in [2.05, 4.69) is 65.7 Å². The van der Waals surface area contributed by atoms with E-state index in [9.17, 15) is 0 Å². The van der Waals surface area contributed by atoms with Gasteiger partial charge in [0.15, 0.2) is 6.23 Å². The maximum Gasteiger partial charge on any atom is 0.154 e. The van der Waals surface area contributed by atoms with E-state index in [4.69, 9.17) is 10.5 Å². The number of rotatable bonds is 4. The molecule has 2 heterocycles. The normalized spacial score (nSPS) is 31.4. The van der Waals surface area contributed by atoms with E-state index < -0.39 is 0 Å². The Hall–Kier alpha value is -2.04. The van der Waals surface area contributed by atoms with E-state index in [1.165, 1.54) is 42.5 Å². The topological polar surface area (TPSA) is 50.5 Å². The average molecular weight is 378 g/mol. The molecule has 2 aromatic carbocycles. The lowest BCUT2D eigenvalue weighted by Crippen LogP contribution is -2.38. The molecule has 0 bridgehead atoms. The van der Waals surface area contributed by atoms with Gasteiger partial charge < -0.3 is 9.64 Å². The second-order valence-corrected chi connectivity index (χ2v) is 8.51. The molecule has 0 amide bonds. The van der Waals surface area contributed by atoms with Crippen LogP contribution in [0.15, 0.2) is 48.5 Å². The molecule has 3 N–H and O–H groups in total. The first-order valence-corrected chi connectivity index (χ1v) is 10.9. The third kappa shape index (κ3) is 2.90. The first kappa shape index (κ1) is 18.0. The van der Waals surface area contributed by atoms with Crippen LogP contribution in [-0.4, -0.2) is 18.3 Å². The van der Waals surface area contributed by atoms with Gasteiger partial charge in [0.25, 0.3) is 0 Å². The number of hydrogen-bond donors (Lipinski definition) is 2. The van der Waals surface area contributed by atoms with E-state index in [1.54, 1.807) is 0 Å².